The van der Waals surface area contributed by atoms with Gasteiger partial charge in [-0.3, -0.25) is 14.4 Å². The summed E-state index contributed by atoms with van der Waals surface area (Å²) in [4.78, 5) is 36.3. The third-order valence-electron chi connectivity index (χ3n) is 3.48. The molecule has 1 unspecified atom stereocenters. The Bertz CT molecular complexity index is 591. The van der Waals surface area contributed by atoms with Crippen molar-refractivity contribution in [2.45, 2.75) is 51.3 Å². The van der Waals surface area contributed by atoms with Gasteiger partial charge >= 0.3 is 0 Å². The topological polar surface area (TPSA) is 75.3 Å². The maximum Gasteiger partial charge on any atom is 0.244 e. The number of amides is 2. The number of unbranched alkanes of at least 4 members (excludes halogenated alkanes) is 1. The van der Waals surface area contributed by atoms with Crippen LogP contribution < -0.4 is 10.6 Å². The van der Waals surface area contributed by atoms with Crippen molar-refractivity contribution in [2.75, 3.05) is 6.54 Å². The molecule has 1 aromatic rings. The zero-order valence-electron chi connectivity index (χ0n) is 15.1. The summed E-state index contributed by atoms with van der Waals surface area (Å²) in [5.41, 5.74) is 0.610. The van der Waals surface area contributed by atoms with Gasteiger partial charge in [-0.15, -0.1) is 0 Å². The molecule has 0 aromatic heterocycles. The molecule has 0 saturated carbocycles. The maximum atomic E-state index is 12.5. The van der Waals surface area contributed by atoms with Crippen molar-refractivity contribution in [2.24, 2.45) is 0 Å². The fourth-order valence-corrected chi connectivity index (χ4v) is 4.30. The lowest BCUT2D eigenvalue weighted by atomic mass is 10.0. The van der Waals surface area contributed by atoms with Crippen LogP contribution in [-0.4, -0.2) is 34.3 Å². The number of nitrogens with one attached hydrogen (secondary N) is 2. The molecule has 1 atom stereocenters. The van der Waals surface area contributed by atoms with E-state index in [1.165, 1.54) is 17.7 Å². The van der Waals surface area contributed by atoms with Crippen molar-refractivity contribution >= 4 is 38.5 Å². The molecule has 138 valence electrons. The average molecular weight is 383 g/mol. The van der Waals surface area contributed by atoms with Crippen LogP contribution in [0.1, 0.15) is 50.9 Å². The molecule has 2 amide bonds. The van der Waals surface area contributed by atoms with Gasteiger partial charge in [-0.2, -0.15) is 0 Å². The Labute approximate surface area is 157 Å². The molecule has 0 saturated heterocycles. The summed E-state index contributed by atoms with van der Waals surface area (Å²) in [7, 11) is 2.37. The lowest BCUT2D eigenvalue weighted by Gasteiger charge is -2.32. The number of carbonyl (C=O) groups is 3. The van der Waals surface area contributed by atoms with E-state index in [0.29, 0.717) is 12.1 Å². The highest BCUT2D eigenvalue weighted by Crippen LogP contribution is 2.40. The van der Waals surface area contributed by atoms with Crippen LogP contribution in [-0.2, 0) is 9.59 Å². The van der Waals surface area contributed by atoms with Crippen LogP contribution in [0.15, 0.2) is 30.3 Å². The van der Waals surface area contributed by atoms with E-state index in [9.17, 15) is 14.4 Å². The van der Waals surface area contributed by atoms with Gasteiger partial charge in [0.25, 0.3) is 0 Å². The number of benzene rings is 1. The Morgan fingerprint density at radius 3 is 2.36 bits per heavy atom. The Morgan fingerprint density at radius 1 is 1.16 bits per heavy atom. The first kappa shape index (κ1) is 21.6. The van der Waals surface area contributed by atoms with Gasteiger partial charge in [0.05, 0.1) is 4.75 Å². The van der Waals surface area contributed by atoms with E-state index in [1.54, 1.807) is 12.1 Å². The largest absolute Gasteiger partial charge is 0.354 e. The van der Waals surface area contributed by atoms with Crippen LogP contribution in [0, 0.1) is 0 Å². The Morgan fingerprint density at radius 2 is 1.80 bits per heavy atom. The number of hydrogen-bond acceptors (Lipinski definition) is 5. The minimum Gasteiger partial charge on any atom is -0.354 e. The van der Waals surface area contributed by atoms with E-state index in [-0.39, 0.29) is 16.9 Å². The Hall–Kier alpha value is -1.47. The highest BCUT2D eigenvalue weighted by molar-refractivity contribution is 8.82. The SMILES string of the molecule is CCCCNC(=O)C(NC(C)=O)C(C)(C)SSC(=O)c1ccccc1. The molecule has 0 bridgehead atoms. The second-order valence-corrected chi connectivity index (χ2v) is 8.96. The molecule has 0 fully saturated rings. The molecule has 25 heavy (non-hydrogen) atoms. The molecule has 5 nitrogen and oxygen atoms in total. The molecule has 0 heterocycles. The minimum absolute atomic E-state index is 0.0772. The monoisotopic (exact) mass is 382 g/mol. The summed E-state index contributed by atoms with van der Waals surface area (Å²) < 4.78 is -0.656. The molecule has 0 spiro atoms. The quantitative estimate of drug-likeness (QED) is 0.506. The van der Waals surface area contributed by atoms with E-state index in [1.807, 2.05) is 39.0 Å². The normalized spacial score (nSPS) is 12.3. The molecule has 1 aromatic carbocycles. The Kier molecular flexibility index (Phi) is 9.06. The Balaban J connectivity index is 2.75. The molecule has 2 N–H and O–H groups in total. The summed E-state index contributed by atoms with van der Waals surface area (Å²) in [6.07, 6.45) is 1.86. The smallest absolute Gasteiger partial charge is 0.244 e. The van der Waals surface area contributed by atoms with Gasteiger partial charge in [-0.05, 0) is 31.1 Å². The van der Waals surface area contributed by atoms with Crippen LogP contribution >= 0.6 is 21.6 Å². The van der Waals surface area contributed by atoms with Gasteiger partial charge in [-0.25, -0.2) is 0 Å². The maximum absolute atomic E-state index is 12.5. The van der Waals surface area contributed by atoms with Crippen LogP contribution in [0.4, 0.5) is 0 Å². The lowest BCUT2D eigenvalue weighted by molar-refractivity contribution is -0.128. The first-order valence-electron chi connectivity index (χ1n) is 8.27. The average Bonchev–Trinajstić information content (AvgIpc) is 2.58. The first-order valence-corrected chi connectivity index (χ1v) is 10.4. The van der Waals surface area contributed by atoms with Crippen LogP contribution in [0.3, 0.4) is 0 Å². The van der Waals surface area contributed by atoms with Crippen molar-refractivity contribution in [1.82, 2.24) is 10.6 Å². The molecule has 0 radical (unpaired) electrons. The van der Waals surface area contributed by atoms with Crippen molar-refractivity contribution in [1.29, 1.82) is 0 Å². The van der Waals surface area contributed by atoms with Crippen molar-refractivity contribution in [3.8, 4) is 0 Å². The van der Waals surface area contributed by atoms with Crippen LogP contribution in [0.2, 0.25) is 0 Å². The van der Waals surface area contributed by atoms with Gasteiger partial charge in [0.15, 0.2) is 0 Å². The minimum atomic E-state index is -0.720. The van der Waals surface area contributed by atoms with Gasteiger partial charge in [0.1, 0.15) is 6.04 Å². The molecular weight excluding hydrogens is 356 g/mol. The number of hydrogen-bond donors (Lipinski definition) is 2. The van der Waals surface area contributed by atoms with Crippen molar-refractivity contribution < 1.29 is 14.4 Å². The second-order valence-electron chi connectivity index (χ2n) is 6.20. The predicted octanol–water partition coefficient (Wildman–Crippen LogP) is 3.41. The summed E-state index contributed by atoms with van der Waals surface area (Å²) >= 11 is 0. The van der Waals surface area contributed by atoms with Crippen LogP contribution in [0.25, 0.3) is 0 Å². The third kappa shape index (κ3) is 7.52. The number of rotatable bonds is 9. The van der Waals surface area contributed by atoms with Crippen LogP contribution in [0.5, 0.6) is 0 Å². The second kappa shape index (κ2) is 10.5. The van der Waals surface area contributed by atoms with E-state index < -0.39 is 10.8 Å². The summed E-state index contributed by atoms with van der Waals surface area (Å²) in [6.45, 7) is 7.70. The van der Waals surface area contributed by atoms with Crippen molar-refractivity contribution in [3.05, 3.63) is 35.9 Å². The first-order chi connectivity index (χ1) is 11.8. The van der Waals surface area contributed by atoms with Gasteiger partial charge in [0.2, 0.25) is 16.9 Å². The van der Waals surface area contributed by atoms with Gasteiger partial charge in [-0.1, -0.05) is 54.5 Å². The van der Waals surface area contributed by atoms with Gasteiger partial charge in [0, 0.05) is 19.0 Å². The molecule has 1 rings (SSSR count). The number of carbonyl (C=O) groups excluding carboxylic acids is 3. The fraction of sp³-hybridized carbons (Fsp3) is 0.500. The summed E-state index contributed by atoms with van der Waals surface area (Å²) in [5.74, 6) is -0.502. The molecule has 0 aliphatic rings. The summed E-state index contributed by atoms with van der Waals surface area (Å²) in [5, 5.41) is 5.49. The fourth-order valence-electron chi connectivity index (χ4n) is 2.06. The molecular formula is C18H26N2O3S2. The summed E-state index contributed by atoms with van der Waals surface area (Å²) in [6, 6.07) is 8.27. The third-order valence-corrected chi connectivity index (χ3v) is 6.60. The molecule has 0 aliphatic carbocycles. The van der Waals surface area contributed by atoms with E-state index >= 15 is 0 Å². The molecule has 7 heteroatoms. The zero-order valence-corrected chi connectivity index (χ0v) is 16.8. The lowest BCUT2D eigenvalue weighted by Crippen LogP contribution is -2.56. The molecule has 0 aliphatic heterocycles. The van der Waals surface area contributed by atoms with E-state index in [0.717, 1.165) is 23.6 Å². The van der Waals surface area contributed by atoms with Gasteiger partial charge < -0.3 is 10.6 Å². The van der Waals surface area contributed by atoms with E-state index in [2.05, 4.69) is 10.6 Å². The van der Waals surface area contributed by atoms with E-state index in [4.69, 9.17) is 0 Å². The zero-order chi connectivity index (χ0) is 18.9. The highest BCUT2D eigenvalue weighted by atomic mass is 33.1. The standard InChI is InChI=1S/C18H26N2O3S2/c1-5-6-12-19-16(22)15(20-13(2)21)18(3,4)25-24-17(23)14-10-8-7-9-11-14/h7-11,15H,5-6,12H2,1-4H3,(H,19,22)(H,20,21). The highest BCUT2D eigenvalue weighted by Gasteiger charge is 2.37. The predicted molar refractivity (Wildman–Crippen MR) is 106 cm³/mol. The van der Waals surface area contributed by atoms with Crippen molar-refractivity contribution in [3.63, 3.8) is 0 Å².